The number of aromatic nitrogens is 1. The summed E-state index contributed by atoms with van der Waals surface area (Å²) in [6.07, 6.45) is -0.404. The molecule has 3 amide bonds. The molecule has 0 radical (unpaired) electrons. The van der Waals surface area contributed by atoms with Crippen LogP contribution in [0.1, 0.15) is 27.1 Å². The van der Waals surface area contributed by atoms with Crippen molar-refractivity contribution in [3.63, 3.8) is 0 Å². The number of thiazole rings is 1. The lowest BCUT2D eigenvalue weighted by Gasteiger charge is -2.13. The molecule has 1 aromatic heterocycles. The number of nitro groups is 1. The van der Waals surface area contributed by atoms with Gasteiger partial charge in [0.15, 0.2) is 11.7 Å². The number of ether oxygens (including phenoxy) is 1. The predicted octanol–water partition coefficient (Wildman–Crippen LogP) is 3.03. The average Bonchev–Trinajstić information content (AvgIpc) is 3.39. The highest BCUT2D eigenvalue weighted by atomic mass is 32.1. The molecule has 2 heterocycles. The summed E-state index contributed by atoms with van der Waals surface area (Å²) in [7, 11) is 0. The lowest BCUT2D eigenvalue weighted by atomic mass is 10.1. The fourth-order valence-electron chi connectivity index (χ4n) is 3.33. The second kappa shape index (κ2) is 9.77. The van der Waals surface area contributed by atoms with Crippen LogP contribution in [0.5, 0.6) is 0 Å². The molecule has 13 heteroatoms. The molecule has 0 saturated carbocycles. The first-order chi connectivity index (χ1) is 16.7. The predicted molar refractivity (Wildman–Crippen MR) is 120 cm³/mol. The number of carbonyl (C=O) groups is 4. The molecule has 1 aliphatic heterocycles. The molecule has 0 fully saturated rings. The Hall–Kier alpha value is -4.52. The second-order valence-electron chi connectivity index (χ2n) is 7.22. The number of anilines is 1. The molecule has 11 nitrogen and oxygen atoms in total. The van der Waals surface area contributed by atoms with Crippen molar-refractivity contribution in [2.24, 2.45) is 0 Å². The summed E-state index contributed by atoms with van der Waals surface area (Å²) in [6, 6.07) is 9.38. The Morgan fingerprint density at radius 2 is 1.89 bits per heavy atom. The summed E-state index contributed by atoms with van der Waals surface area (Å²) >= 11 is 1.13. The summed E-state index contributed by atoms with van der Waals surface area (Å²) < 4.78 is 17.9. The number of nitrogens with one attached hydrogen (secondary N) is 1. The SMILES string of the molecule is O=C(COC(=O)CCN1C(=O)c2cccc([N+](=O)[O-])c2C1=O)Nc1nc(-c2ccc(F)cc2)cs1. The summed E-state index contributed by atoms with van der Waals surface area (Å²) in [5.41, 5.74) is 0.267. The van der Waals surface area contributed by atoms with Crippen LogP contribution in [0.4, 0.5) is 15.2 Å². The molecule has 1 N–H and O–H groups in total. The number of fused-ring (bicyclic) bond motifs is 1. The summed E-state index contributed by atoms with van der Waals surface area (Å²) in [6.45, 7) is -0.991. The number of benzene rings is 2. The van der Waals surface area contributed by atoms with E-state index < -0.39 is 47.3 Å². The van der Waals surface area contributed by atoms with E-state index in [4.69, 9.17) is 4.74 Å². The van der Waals surface area contributed by atoms with Gasteiger partial charge in [-0.2, -0.15) is 0 Å². The summed E-state index contributed by atoms with van der Waals surface area (Å²) in [5, 5.41) is 15.5. The molecule has 178 valence electrons. The van der Waals surface area contributed by atoms with E-state index in [0.717, 1.165) is 22.3 Å². The normalized spacial score (nSPS) is 12.4. The first kappa shape index (κ1) is 23.6. The molecule has 1 aliphatic rings. The van der Waals surface area contributed by atoms with Gasteiger partial charge in [-0.25, -0.2) is 9.37 Å². The molecule has 0 saturated heterocycles. The number of carbonyl (C=O) groups excluding carboxylic acids is 4. The summed E-state index contributed by atoms with van der Waals surface area (Å²) in [5.74, 6) is -3.51. The van der Waals surface area contributed by atoms with Crippen LogP contribution in [0.2, 0.25) is 0 Å². The van der Waals surface area contributed by atoms with Gasteiger partial charge in [0.25, 0.3) is 23.4 Å². The van der Waals surface area contributed by atoms with Crippen LogP contribution in [0.15, 0.2) is 47.8 Å². The van der Waals surface area contributed by atoms with Crippen molar-refractivity contribution in [3.05, 3.63) is 74.9 Å². The van der Waals surface area contributed by atoms with Crippen LogP contribution in [0, 0.1) is 15.9 Å². The van der Waals surface area contributed by atoms with Gasteiger partial charge in [-0.3, -0.25) is 39.5 Å². The number of halogens is 1. The van der Waals surface area contributed by atoms with E-state index in [1.165, 1.54) is 24.3 Å². The lowest BCUT2D eigenvalue weighted by Crippen LogP contribution is -2.32. The van der Waals surface area contributed by atoms with Gasteiger partial charge in [0.1, 0.15) is 11.4 Å². The van der Waals surface area contributed by atoms with E-state index in [2.05, 4.69) is 10.3 Å². The van der Waals surface area contributed by atoms with Gasteiger partial charge in [0.05, 0.1) is 22.6 Å². The number of nitro benzene ring substituents is 1. The van der Waals surface area contributed by atoms with E-state index in [1.54, 1.807) is 17.5 Å². The van der Waals surface area contributed by atoms with Crippen LogP contribution in [-0.4, -0.2) is 51.6 Å². The van der Waals surface area contributed by atoms with Gasteiger partial charge >= 0.3 is 5.97 Å². The smallest absolute Gasteiger partial charge is 0.308 e. The van der Waals surface area contributed by atoms with Crippen molar-refractivity contribution in [2.75, 3.05) is 18.5 Å². The van der Waals surface area contributed by atoms with Gasteiger partial charge in [0.2, 0.25) is 0 Å². The largest absolute Gasteiger partial charge is 0.456 e. The summed E-state index contributed by atoms with van der Waals surface area (Å²) in [4.78, 5) is 64.4. The fourth-order valence-corrected chi connectivity index (χ4v) is 4.07. The molecular weight excluding hydrogens is 483 g/mol. The Bertz CT molecular complexity index is 1360. The van der Waals surface area contributed by atoms with E-state index >= 15 is 0 Å². The maximum atomic E-state index is 13.0. The molecule has 0 spiro atoms. The average molecular weight is 498 g/mol. The van der Waals surface area contributed by atoms with Gasteiger partial charge in [-0.15, -0.1) is 11.3 Å². The van der Waals surface area contributed by atoms with E-state index in [-0.39, 0.29) is 28.6 Å². The minimum atomic E-state index is -0.872. The van der Waals surface area contributed by atoms with E-state index in [1.807, 2.05) is 0 Å². The van der Waals surface area contributed by atoms with Crippen LogP contribution in [0.3, 0.4) is 0 Å². The van der Waals surface area contributed by atoms with Crippen molar-refractivity contribution in [3.8, 4) is 11.3 Å². The second-order valence-corrected chi connectivity index (χ2v) is 8.08. The number of hydrogen-bond donors (Lipinski definition) is 1. The minimum Gasteiger partial charge on any atom is -0.456 e. The molecule has 2 aromatic carbocycles. The first-order valence-corrected chi connectivity index (χ1v) is 10.9. The standard InChI is InChI=1S/C22H15FN4O7S/c23-13-6-4-12(5-7-13)15-11-35-22(24-15)25-17(28)10-34-18(29)8-9-26-20(30)14-2-1-3-16(27(32)33)19(14)21(26)31/h1-7,11H,8-10H2,(H,24,25,28). The van der Waals surface area contributed by atoms with E-state index in [9.17, 15) is 33.7 Å². The number of hydrogen-bond acceptors (Lipinski definition) is 9. The van der Waals surface area contributed by atoms with Gasteiger partial charge in [-0.1, -0.05) is 6.07 Å². The van der Waals surface area contributed by atoms with Gasteiger partial charge < -0.3 is 4.74 Å². The molecule has 0 atom stereocenters. The van der Waals surface area contributed by atoms with Crippen LogP contribution < -0.4 is 5.32 Å². The highest BCUT2D eigenvalue weighted by molar-refractivity contribution is 7.14. The quantitative estimate of drug-likeness (QED) is 0.216. The highest BCUT2D eigenvalue weighted by Gasteiger charge is 2.40. The monoisotopic (exact) mass is 498 g/mol. The topological polar surface area (TPSA) is 149 Å². The molecule has 3 aromatic rings. The Labute approximate surface area is 200 Å². The highest BCUT2D eigenvalue weighted by Crippen LogP contribution is 2.30. The fraction of sp³-hybridized carbons (Fsp3) is 0.136. The maximum absolute atomic E-state index is 13.0. The van der Waals surface area contributed by atoms with Crippen molar-refractivity contribution < 1.29 is 33.2 Å². The molecular formula is C22H15FN4O7S. The van der Waals surface area contributed by atoms with Crippen molar-refractivity contribution in [2.45, 2.75) is 6.42 Å². The molecule has 4 rings (SSSR count). The van der Waals surface area contributed by atoms with Gasteiger partial charge in [0, 0.05) is 23.6 Å². The van der Waals surface area contributed by atoms with Crippen molar-refractivity contribution in [1.82, 2.24) is 9.88 Å². The van der Waals surface area contributed by atoms with Gasteiger partial charge in [-0.05, 0) is 30.3 Å². The third-order valence-corrected chi connectivity index (χ3v) is 5.73. The molecule has 35 heavy (non-hydrogen) atoms. The van der Waals surface area contributed by atoms with Crippen LogP contribution in [-0.2, 0) is 14.3 Å². The number of rotatable bonds is 8. The zero-order valence-corrected chi connectivity index (χ0v) is 18.5. The number of nitrogens with zero attached hydrogens (tertiary/aromatic N) is 3. The Morgan fingerprint density at radius 3 is 2.60 bits per heavy atom. The molecule has 0 aliphatic carbocycles. The zero-order chi connectivity index (χ0) is 25.1. The van der Waals surface area contributed by atoms with Crippen LogP contribution in [0.25, 0.3) is 11.3 Å². The number of amides is 3. The third kappa shape index (κ3) is 5.04. The van der Waals surface area contributed by atoms with Crippen molar-refractivity contribution in [1.29, 1.82) is 0 Å². The van der Waals surface area contributed by atoms with Crippen LogP contribution >= 0.6 is 11.3 Å². The van der Waals surface area contributed by atoms with Crippen molar-refractivity contribution >= 4 is 45.8 Å². The Balaban J connectivity index is 1.27. The zero-order valence-electron chi connectivity index (χ0n) is 17.7. The number of esters is 1. The first-order valence-electron chi connectivity index (χ1n) is 10.0. The number of imide groups is 1. The maximum Gasteiger partial charge on any atom is 0.308 e. The molecule has 0 unspecified atom stereocenters. The minimum absolute atomic E-state index is 0.111. The van der Waals surface area contributed by atoms with E-state index in [0.29, 0.717) is 11.3 Å². The Kier molecular flexibility index (Phi) is 6.59. The third-order valence-electron chi connectivity index (χ3n) is 4.97. The Morgan fingerprint density at radius 1 is 1.14 bits per heavy atom. The molecule has 0 bridgehead atoms. The lowest BCUT2D eigenvalue weighted by molar-refractivity contribution is -0.385.